The van der Waals surface area contributed by atoms with Crippen LogP contribution < -0.4 is 5.32 Å². The van der Waals surface area contributed by atoms with Crippen LogP contribution in [0.2, 0.25) is 0 Å². The summed E-state index contributed by atoms with van der Waals surface area (Å²) in [4.78, 5) is 2.73. The first-order valence-electron chi connectivity index (χ1n) is 6.22. The lowest BCUT2D eigenvalue weighted by Gasteiger charge is -2.22. The fourth-order valence-electron chi connectivity index (χ4n) is 2.01. The van der Waals surface area contributed by atoms with Crippen LogP contribution >= 0.6 is 11.3 Å². The van der Waals surface area contributed by atoms with E-state index < -0.39 is 0 Å². The Hall–Kier alpha value is -0.380. The Morgan fingerprint density at radius 3 is 2.47 bits per heavy atom. The molecular weight excluding hydrogens is 230 g/mol. The number of hydrogen-bond donors (Lipinski definition) is 2. The number of aliphatic hydroxyl groups excluding tert-OH is 1. The molecule has 3 heteroatoms. The molecule has 1 heterocycles. The number of thiophene rings is 1. The smallest absolute Gasteiger partial charge is 0.0669 e. The number of nitrogens with one attached hydrogen (secondary N) is 1. The van der Waals surface area contributed by atoms with Gasteiger partial charge in [0.15, 0.2) is 0 Å². The molecule has 2 N–H and O–H groups in total. The van der Waals surface area contributed by atoms with Gasteiger partial charge in [-0.3, -0.25) is 0 Å². The molecule has 1 aromatic heterocycles. The molecule has 0 aliphatic rings. The molecule has 0 saturated carbocycles. The van der Waals surface area contributed by atoms with Gasteiger partial charge in [0.1, 0.15) is 0 Å². The second-order valence-corrected chi connectivity index (χ2v) is 7.45. The quantitative estimate of drug-likeness (QED) is 0.846. The van der Waals surface area contributed by atoms with Crippen molar-refractivity contribution in [3.05, 3.63) is 21.4 Å². The predicted octanol–water partition coefficient (Wildman–Crippen LogP) is 3.25. The maximum absolute atomic E-state index is 9.88. The third-order valence-electron chi connectivity index (χ3n) is 2.69. The van der Waals surface area contributed by atoms with E-state index in [0.717, 1.165) is 13.0 Å². The summed E-state index contributed by atoms with van der Waals surface area (Å²) in [6, 6.07) is 2.23. The Balaban J connectivity index is 2.31. The fraction of sp³-hybridized carbons (Fsp3) is 0.714. The molecule has 2 nitrogen and oxygen atoms in total. The minimum Gasteiger partial charge on any atom is -0.392 e. The lowest BCUT2D eigenvalue weighted by Crippen LogP contribution is -2.29. The zero-order valence-corrected chi connectivity index (χ0v) is 12.4. The van der Waals surface area contributed by atoms with E-state index in [9.17, 15) is 5.11 Å². The molecule has 0 spiro atoms. The predicted molar refractivity (Wildman–Crippen MR) is 75.6 cm³/mol. The summed E-state index contributed by atoms with van der Waals surface area (Å²) in [6.45, 7) is 12.3. The highest BCUT2D eigenvalue weighted by atomic mass is 32.1. The van der Waals surface area contributed by atoms with E-state index in [0.29, 0.717) is 6.54 Å². The van der Waals surface area contributed by atoms with Gasteiger partial charge < -0.3 is 10.4 Å². The van der Waals surface area contributed by atoms with Gasteiger partial charge in [-0.05, 0) is 37.3 Å². The summed E-state index contributed by atoms with van der Waals surface area (Å²) in [5.41, 5.74) is 1.55. The highest BCUT2D eigenvalue weighted by molar-refractivity contribution is 7.12. The molecule has 98 valence electrons. The minimum absolute atomic E-state index is 0.190. The van der Waals surface area contributed by atoms with Gasteiger partial charge in [0, 0.05) is 22.8 Å². The monoisotopic (exact) mass is 255 g/mol. The van der Waals surface area contributed by atoms with E-state index in [1.807, 2.05) is 11.3 Å². The second-order valence-electron chi connectivity index (χ2n) is 5.99. The van der Waals surface area contributed by atoms with Crippen LogP contribution in [0.25, 0.3) is 0 Å². The Labute approximate surface area is 109 Å². The molecule has 0 amide bonds. The van der Waals surface area contributed by atoms with E-state index in [-0.39, 0.29) is 11.5 Å². The minimum atomic E-state index is -0.255. The van der Waals surface area contributed by atoms with Gasteiger partial charge in [-0.2, -0.15) is 0 Å². The lowest BCUT2D eigenvalue weighted by atomic mass is 9.89. The summed E-state index contributed by atoms with van der Waals surface area (Å²) in [7, 11) is 0. The molecule has 0 aliphatic carbocycles. The van der Waals surface area contributed by atoms with Gasteiger partial charge in [0.2, 0.25) is 0 Å². The van der Waals surface area contributed by atoms with Crippen LogP contribution in [-0.2, 0) is 6.54 Å². The standard InChI is InChI=1S/C14H25NOS/c1-10-6-12(11(2)17-10)8-15-9-13(16)7-14(3,4)5/h6,13,15-16H,7-9H2,1-5H3. The van der Waals surface area contributed by atoms with Crippen molar-refractivity contribution in [2.75, 3.05) is 6.54 Å². The van der Waals surface area contributed by atoms with Crippen LogP contribution in [-0.4, -0.2) is 17.8 Å². The average Bonchev–Trinajstić information content (AvgIpc) is 2.42. The summed E-state index contributed by atoms with van der Waals surface area (Å²) in [6.07, 6.45) is 0.580. The molecule has 0 radical (unpaired) electrons. The van der Waals surface area contributed by atoms with Crippen LogP contribution in [0.5, 0.6) is 0 Å². The normalized spacial score (nSPS) is 14.0. The van der Waals surface area contributed by atoms with E-state index in [4.69, 9.17) is 0 Å². The summed E-state index contributed by atoms with van der Waals surface area (Å²) in [5.74, 6) is 0. The van der Waals surface area contributed by atoms with E-state index in [2.05, 4.69) is 46.0 Å². The molecule has 17 heavy (non-hydrogen) atoms. The Morgan fingerprint density at radius 2 is 2.00 bits per heavy atom. The molecule has 1 rings (SSSR count). The van der Waals surface area contributed by atoms with Crippen LogP contribution in [0.3, 0.4) is 0 Å². The Kier molecular flexibility index (Phi) is 5.17. The van der Waals surface area contributed by atoms with Crippen molar-refractivity contribution in [2.24, 2.45) is 5.41 Å². The number of hydrogen-bond acceptors (Lipinski definition) is 3. The van der Waals surface area contributed by atoms with Crippen molar-refractivity contribution >= 4 is 11.3 Å². The van der Waals surface area contributed by atoms with Crippen LogP contribution in [0, 0.1) is 19.3 Å². The Morgan fingerprint density at radius 1 is 1.35 bits per heavy atom. The number of aliphatic hydroxyl groups is 1. The first-order valence-corrected chi connectivity index (χ1v) is 7.04. The van der Waals surface area contributed by atoms with Gasteiger partial charge >= 0.3 is 0 Å². The zero-order chi connectivity index (χ0) is 13.1. The summed E-state index contributed by atoms with van der Waals surface area (Å²) >= 11 is 1.84. The average molecular weight is 255 g/mol. The van der Waals surface area contributed by atoms with Gasteiger partial charge in [-0.1, -0.05) is 20.8 Å². The Bertz CT molecular complexity index is 352. The maximum Gasteiger partial charge on any atom is 0.0669 e. The number of aryl methyl sites for hydroxylation is 2. The highest BCUT2D eigenvalue weighted by Crippen LogP contribution is 2.21. The third-order valence-corrected chi connectivity index (χ3v) is 3.70. The fourth-order valence-corrected chi connectivity index (χ4v) is 2.96. The van der Waals surface area contributed by atoms with Gasteiger partial charge in [-0.25, -0.2) is 0 Å². The van der Waals surface area contributed by atoms with Crippen molar-refractivity contribution in [1.29, 1.82) is 0 Å². The van der Waals surface area contributed by atoms with Crippen molar-refractivity contribution in [1.82, 2.24) is 5.32 Å². The molecule has 0 bridgehead atoms. The zero-order valence-electron chi connectivity index (χ0n) is 11.6. The van der Waals surface area contributed by atoms with Crippen LogP contribution in [0.15, 0.2) is 6.07 Å². The molecule has 1 unspecified atom stereocenters. The highest BCUT2D eigenvalue weighted by Gasteiger charge is 2.16. The number of rotatable bonds is 5. The van der Waals surface area contributed by atoms with Crippen molar-refractivity contribution < 1.29 is 5.11 Å². The largest absolute Gasteiger partial charge is 0.392 e. The lowest BCUT2D eigenvalue weighted by molar-refractivity contribution is 0.119. The maximum atomic E-state index is 9.88. The topological polar surface area (TPSA) is 32.3 Å². The van der Waals surface area contributed by atoms with Gasteiger partial charge in [-0.15, -0.1) is 11.3 Å². The SMILES string of the molecule is Cc1cc(CNCC(O)CC(C)(C)C)c(C)s1. The first-order chi connectivity index (χ1) is 7.78. The van der Waals surface area contributed by atoms with Gasteiger partial charge in [0.25, 0.3) is 0 Å². The molecule has 1 aromatic rings. The summed E-state index contributed by atoms with van der Waals surface area (Å²) in [5, 5.41) is 13.2. The van der Waals surface area contributed by atoms with E-state index in [1.165, 1.54) is 15.3 Å². The molecule has 0 aromatic carbocycles. The molecule has 0 aliphatic heterocycles. The second kappa shape index (κ2) is 5.98. The van der Waals surface area contributed by atoms with Gasteiger partial charge in [0.05, 0.1) is 6.10 Å². The molecule has 1 atom stereocenters. The van der Waals surface area contributed by atoms with Crippen molar-refractivity contribution in [3.8, 4) is 0 Å². The summed E-state index contributed by atoms with van der Waals surface area (Å²) < 4.78 is 0. The molecule has 0 fully saturated rings. The molecular formula is C14H25NOS. The van der Waals surface area contributed by atoms with Crippen LogP contribution in [0.1, 0.15) is 42.5 Å². The van der Waals surface area contributed by atoms with Crippen molar-refractivity contribution in [2.45, 2.75) is 53.7 Å². The van der Waals surface area contributed by atoms with Crippen LogP contribution in [0.4, 0.5) is 0 Å². The first kappa shape index (κ1) is 14.7. The molecule has 0 saturated heterocycles. The van der Waals surface area contributed by atoms with E-state index in [1.54, 1.807) is 0 Å². The van der Waals surface area contributed by atoms with E-state index >= 15 is 0 Å². The third kappa shape index (κ3) is 5.66. The van der Waals surface area contributed by atoms with Crippen molar-refractivity contribution in [3.63, 3.8) is 0 Å².